The molecule has 1 fully saturated rings. The normalized spacial score (nSPS) is 14.7. The molecule has 0 bridgehead atoms. The molecule has 0 spiro atoms. The molecule has 1 aromatic heterocycles. The van der Waals surface area contributed by atoms with Gasteiger partial charge in [-0.05, 0) is 36.7 Å². The molecule has 1 unspecified atom stereocenters. The van der Waals surface area contributed by atoms with Crippen molar-refractivity contribution >= 4 is 23.6 Å². The summed E-state index contributed by atoms with van der Waals surface area (Å²) in [5.74, 6) is 0.479. The molecule has 9 heteroatoms. The standard InChI is InChI=1S/C26H31N7O2/c34-24(30-22-11-5-2-6-12-22)23(21-9-3-1-4-10-21)31-26(35)29-15-8-16-32-17-19-33(20-18-32)25-27-13-7-14-28-25/h1-7,9-14,23H,8,15-20H2,(H,30,34)(H2,29,31,35). The summed E-state index contributed by atoms with van der Waals surface area (Å²) in [5.41, 5.74) is 1.40. The number of benzene rings is 2. The number of urea groups is 1. The highest BCUT2D eigenvalue weighted by Crippen LogP contribution is 2.16. The van der Waals surface area contributed by atoms with Gasteiger partial charge in [-0.3, -0.25) is 9.69 Å². The minimum Gasteiger partial charge on any atom is -0.338 e. The molecular formula is C26H31N7O2. The Labute approximate surface area is 205 Å². The van der Waals surface area contributed by atoms with Crippen LogP contribution in [0.5, 0.6) is 0 Å². The Morgan fingerprint density at radius 1 is 0.857 bits per heavy atom. The number of piperazine rings is 1. The molecule has 9 nitrogen and oxygen atoms in total. The summed E-state index contributed by atoms with van der Waals surface area (Å²) in [5, 5.41) is 8.58. The summed E-state index contributed by atoms with van der Waals surface area (Å²) in [7, 11) is 0. The Balaban J connectivity index is 1.21. The van der Waals surface area contributed by atoms with Crippen molar-refractivity contribution in [1.82, 2.24) is 25.5 Å². The van der Waals surface area contributed by atoms with Gasteiger partial charge in [-0.1, -0.05) is 48.5 Å². The summed E-state index contributed by atoms with van der Waals surface area (Å²) in [4.78, 5) is 38.7. The fraction of sp³-hybridized carbons (Fsp3) is 0.308. The van der Waals surface area contributed by atoms with Crippen molar-refractivity contribution in [3.8, 4) is 0 Å². The second kappa shape index (κ2) is 12.5. The number of amides is 3. The zero-order valence-corrected chi connectivity index (χ0v) is 19.6. The lowest BCUT2D eigenvalue weighted by Crippen LogP contribution is -2.48. The maximum atomic E-state index is 12.9. The lowest BCUT2D eigenvalue weighted by atomic mass is 10.1. The number of hydrogen-bond donors (Lipinski definition) is 3. The molecule has 0 radical (unpaired) electrons. The van der Waals surface area contributed by atoms with E-state index in [0.717, 1.165) is 50.7 Å². The van der Waals surface area contributed by atoms with E-state index in [1.54, 1.807) is 12.4 Å². The SMILES string of the molecule is O=C(NCCCN1CCN(c2ncccn2)CC1)NC(C(=O)Nc1ccccc1)c1ccccc1. The molecule has 2 heterocycles. The topological polar surface area (TPSA) is 102 Å². The number of carbonyl (C=O) groups excluding carboxylic acids is 2. The third-order valence-corrected chi connectivity index (χ3v) is 5.86. The van der Waals surface area contributed by atoms with Crippen molar-refractivity contribution in [1.29, 1.82) is 0 Å². The van der Waals surface area contributed by atoms with Crippen molar-refractivity contribution in [2.45, 2.75) is 12.5 Å². The number of aromatic nitrogens is 2. The van der Waals surface area contributed by atoms with Gasteiger partial charge in [0.25, 0.3) is 5.91 Å². The van der Waals surface area contributed by atoms with E-state index in [0.29, 0.717) is 12.2 Å². The second-order valence-electron chi connectivity index (χ2n) is 8.33. The van der Waals surface area contributed by atoms with Crippen molar-refractivity contribution in [3.63, 3.8) is 0 Å². The van der Waals surface area contributed by atoms with Gasteiger partial charge in [-0.2, -0.15) is 0 Å². The van der Waals surface area contributed by atoms with Crippen LogP contribution in [0.15, 0.2) is 79.1 Å². The number of rotatable bonds is 9. The molecule has 4 rings (SSSR count). The molecule has 2 aromatic carbocycles. The predicted octanol–water partition coefficient (Wildman–Crippen LogP) is 2.67. The van der Waals surface area contributed by atoms with Gasteiger partial charge in [0.05, 0.1) is 0 Å². The number of nitrogens with zero attached hydrogens (tertiary/aromatic N) is 4. The average molecular weight is 474 g/mol. The van der Waals surface area contributed by atoms with Crippen LogP contribution in [0.25, 0.3) is 0 Å². The molecule has 0 aliphatic carbocycles. The van der Waals surface area contributed by atoms with Gasteiger partial charge in [-0.15, -0.1) is 0 Å². The minimum atomic E-state index is -0.801. The number of nitrogens with one attached hydrogen (secondary N) is 3. The van der Waals surface area contributed by atoms with Gasteiger partial charge in [0, 0.05) is 50.8 Å². The summed E-state index contributed by atoms with van der Waals surface area (Å²) in [6.45, 7) is 5.04. The van der Waals surface area contributed by atoms with Crippen LogP contribution in [0, 0.1) is 0 Å². The van der Waals surface area contributed by atoms with E-state index in [2.05, 4.69) is 35.7 Å². The Kier molecular flexibility index (Phi) is 8.61. The average Bonchev–Trinajstić information content (AvgIpc) is 2.91. The van der Waals surface area contributed by atoms with Crippen LogP contribution in [0.3, 0.4) is 0 Å². The maximum absolute atomic E-state index is 12.9. The Hall–Kier alpha value is -3.98. The van der Waals surface area contributed by atoms with Crippen LogP contribution in [0.4, 0.5) is 16.4 Å². The van der Waals surface area contributed by atoms with Crippen LogP contribution in [-0.2, 0) is 4.79 Å². The van der Waals surface area contributed by atoms with Crippen LogP contribution in [0.1, 0.15) is 18.0 Å². The molecule has 3 N–H and O–H groups in total. The summed E-state index contributed by atoms with van der Waals surface area (Å²) in [6, 6.07) is 19.1. The predicted molar refractivity (Wildman–Crippen MR) is 136 cm³/mol. The van der Waals surface area contributed by atoms with Crippen LogP contribution >= 0.6 is 0 Å². The van der Waals surface area contributed by atoms with Gasteiger partial charge in [0.2, 0.25) is 5.95 Å². The molecule has 1 atom stereocenters. The molecule has 1 aliphatic heterocycles. The third-order valence-electron chi connectivity index (χ3n) is 5.86. The van der Waals surface area contributed by atoms with Crippen molar-refractivity contribution < 1.29 is 9.59 Å². The first-order valence-electron chi connectivity index (χ1n) is 11.9. The highest BCUT2D eigenvalue weighted by Gasteiger charge is 2.23. The van der Waals surface area contributed by atoms with Crippen LogP contribution in [0.2, 0.25) is 0 Å². The monoisotopic (exact) mass is 473 g/mol. The highest BCUT2D eigenvalue weighted by atomic mass is 16.2. The molecule has 1 aliphatic rings. The number of para-hydroxylation sites is 1. The summed E-state index contributed by atoms with van der Waals surface area (Å²) in [6.07, 6.45) is 4.35. The number of carbonyl (C=O) groups is 2. The Bertz CT molecular complexity index is 1060. The van der Waals surface area contributed by atoms with E-state index in [1.165, 1.54) is 0 Å². The lowest BCUT2D eigenvalue weighted by molar-refractivity contribution is -0.118. The van der Waals surface area contributed by atoms with E-state index < -0.39 is 6.04 Å². The van der Waals surface area contributed by atoms with Crippen molar-refractivity contribution in [3.05, 3.63) is 84.7 Å². The van der Waals surface area contributed by atoms with E-state index in [-0.39, 0.29) is 11.9 Å². The first kappa shape index (κ1) is 24.2. The van der Waals surface area contributed by atoms with Crippen molar-refractivity contribution in [2.24, 2.45) is 0 Å². The van der Waals surface area contributed by atoms with Crippen LogP contribution < -0.4 is 20.9 Å². The lowest BCUT2D eigenvalue weighted by Gasteiger charge is -2.34. The first-order valence-corrected chi connectivity index (χ1v) is 11.9. The summed E-state index contributed by atoms with van der Waals surface area (Å²) < 4.78 is 0. The van der Waals surface area contributed by atoms with E-state index in [9.17, 15) is 9.59 Å². The fourth-order valence-electron chi connectivity index (χ4n) is 3.99. The van der Waals surface area contributed by atoms with Gasteiger partial charge < -0.3 is 20.9 Å². The van der Waals surface area contributed by atoms with Crippen molar-refractivity contribution in [2.75, 3.05) is 49.5 Å². The molecule has 0 saturated carbocycles. The second-order valence-corrected chi connectivity index (χ2v) is 8.33. The molecule has 3 aromatic rings. The third kappa shape index (κ3) is 7.25. The Morgan fingerprint density at radius 2 is 1.51 bits per heavy atom. The van der Waals surface area contributed by atoms with E-state index >= 15 is 0 Å². The molecular weight excluding hydrogens is 442 g/mol. The van der Waals surface area contributed by atoms with E-state index in [1.807, 2.05) is 66.7 Å². The zero-order valence-electron chi connectivity index (χ0n) is 19.6. The smallest absolute Gasteiger partial charge is 0.315 e. The van der Waals surface area contributed by atoms with Crippen LogP contribution in [-0.4, -0.2) is 66.1 Å². The first-order chi connectivity index (χ1) is 17.2. The van der Waals surface area contributed by atoms with E-state index in [4.69, 9.17) is 0 Å². The molecule has 1 saturated heterocycles. The number of anilines is 2. The minimum absolute atomic E-state index is 0.294. The zero-order chi connectivity index (χ0) is 24.3. The molecule has 182 valence electrons. The Morgan fingerprint density at radius 3 is 2.20 bits per heavy atom. The maximum Gasteiger partial charge on any atom is 0.315 e. The molecule has 35 heavy (non-hydrogen) atoms. The van der Waals surface area contributed by atoms with Gasteiger partial charge in [-0.25, -0.2) is 14.8 Å². The van der Waals surface area contributed by atoms with Gasteiger partial charge in [0.15, 0.2) is 0 Å². The largest absolute Gasteiger partial charge is 0.338 e. The van der Waals surface area contributed by atoms with Gasteiger partial charge >= 0.3 is 6.03 Å². The summed E-state index contributed by atoms with van der Waals surface area (Å²) >= 11 is 0. The fourth-order valence-corrected chi connectivity index (χ4v) is 3.99. The quantitative estimate of drug-likeness (QED) is 0.413. The highest BCUT2D eigenvalue weighted by molar-refractivity contribution is 5.97. The molecule has 3 amide bonds. The van der Waals surface area contributed by atoms with Gasteiger partial charge in [0.1, 0.15) is 6.04 Å². The number of hydrogen-bond acceptors (Lipinski definition) is 6.